The number of hydrogen-bond acceptors (Lipinski definition) is 4. The summed E-state index contributed by atoms with van der Waals surface area (Å²) >= 11 is 0. The molecule has 1 saturated carbocycles. The lowest BCUT2D eigenvalue weighted by atomic mass is 9.84. The Bertz CT molecular complexity index is 1140. The number of nitrogens with two attached hydrogens (primary N) is 1. The number of hydrogen-bond donors (Lipinski definition) is 3. The highest BCUT2D eigenvalue weighted by molar-refractivity contribution is 5.71. The molecule has 1 fully saturated rings. The van der Waals surface area contributed by atoms with Gasteiger partial charge in [-0.3, -0.25) is 4.79 Å². The quantitative estimate of drug-likeness (QED) is 0.599. The van der Waals surface area contributed by atoms with Crippen molar-refractivity contribution in [1.29, 1.82) is 0 Å². The van der Waals surface area contributed by atoms with Gasteiger partial charge in [0.1, 0.15) is 11.4 Å². The lowest BCUT2D eigenvalue weighted by molar-refractivity contribution is 0.444. The molecule has 6 heteroatoms. The zero-order valence-electron chi connectivity index (χ0n) is 16.0. The lowest BCUT2D eigenvalue weighted by Crippen LogP contribution is -2.12. The van der Waals surface area contributed by atoms with Crippen LogP contribution in [-0.4, -0.2) is 26.2 Å². The molecule has 0 unspecified atom stereocenters. The van der Waals surface area contributed by atoms with Gasteiger partial charge in [-0.05, 0) is 43.9 Å². The van der Waals surface area contributed by atoms with Gasteiger partial charge in [-0.25, -0.2) is 4.52 Å². The topological polar surface area (TPSA) is 96.4 Å². The van der Waals surface area contributed by atoms with E-state index in [2.05, 4.69) is 16.8 Å². The Hall–Kier alpha value is -3.04. The molecule has 3 aromatic rings. The predicted molar refractivity (Wildman–Crippen MR) is 109 cm³/mol. The summed E-state index contributed by atoms with van der Waals surface area (Å²) in [6.45, 7) is 2.25. The van der Waals surface area contributed by atoms with Gasteiger partial charge in [-0.15, -0.1) is 0 Å². The van der Waals surface area contributed by atoms with E-state index in [0.29, 0.717) is 22.7 Å². The number of phenols is 1. The van der Waals surface area contributed by atoms with Gasteiger partial charge in [0.15, 0.2) is 0 Å². The third-order valence-electron chi connectivity index (χ3n) is 5.47. The van der Waals surface area contributed by atoms with Crippen LogP contribution in [0.5, 0.6) is 5.75 Å². The Morgan fingerprint density at radius 2 is 2.07 bits per heavy atom. The summed E-state index contributed by atoms with van der Waals surface area (Å²) in [5.41, 5.74) is 9.79. The molecule has 0 radical (unpaired) electrons. The number of fused-ring (bicyclic) bond motifs is 1. The van der Waals surface area contributed by atoms with Crippen molar-refractivity contribution in [2.75, 3.05) is 6.54 Å². The van der Waals surface area contributed by atoms with Crippen molar-refractivity contribution >= 4 is 5.65 Å². The third kappa shape index (κ3) is 3.30. The smallest absolute Gasteiger partial charge is 0.251 e. The Labute approximate surface area is 163 Å². The molecule has 2 heterocycles. The van der Waals surface area contributed by atoms with E-state index in [9.17, 15) is 9.90 Å². The van der Waals surface area contributed by atoms with Crippen LogP contribution < -0.4 is 11.3 Å². The lowest BCUT2D eigenvalue weighted by Gasteiger charge is -2.21. The van der Waals surface area contributed by atoms with Crippen LogP contribution in [0.1, 0.15) is 54.8 Å². The van der Waals surface area contributed by atoms with E-state index in [0.717, 1.165) is 29.7 Å². The van der Waals surface area contributed by atoms with Crippen molar-refractivity contribution in [1.82, 2.24) is 14.6 Å². The van der Waals surface area contributed by atoms with E-state index in [-0.39, 0.29) is 17.9 Å². The van der Waals surface area contributed by atoms with Gasteiger partial charge in [0.2, 0.25) is 0 Å². The van der Waals surface area contributed by atoms with Crippen molar-refractivity contribution in [2.24, 2.45) is 5.73 Å². The zero-order chi connectivity index (χ0) is 19.7. The molecule has 1 aliphatic carbocycles. The molecule has 1 aliphatic rings. The molecule has 2 aromatic heterocycles. The first kappa shape index (κ1) is 18.3. The average molecular weight is 376 g/mol. The summed E-state index contributed by atoms with van der Waals surface area (Å²) in [5, 5.41) is 15.3. The van der Waals surface area contributed by atoms with Crippen LogP contribution in [0, 0.1) is 18.8 Å². The third-order valence-corrected chi connectivity index (χ3v) is 5.47. The second-order valence-electron chi connectivity index (χ2n) is 7.35. The van der Waals surface area contributed by atoms with Gasteiger partial charge in [-0.1, -0.05) is 31.1 Å². The minimum Gasteiger partial charge on any atom is -0.507 e. The molecule has 0 aliphatic heterocycles. The van der Waals surface area contributed by atoms with Crippen LogP contribution in [-0.2, 0) is 0 Å². The number of aromatic nitrogens is 3. The zero-order valence-corrected chi connectivity index (χ0v) is 16.0. The number of aromatic amines is 1. The second kappa shape index (κ2) is 7.53. The molecule has 0 saturated heterocycles. The van der Waals surface area contributed by atoms with Crippen molar-refractivity contribution in [3.8, 4) is 28.8 Å². The number of benzene rings is 1. The first-order valence-electron chi connectivity index (χ1n) is 9.73. The first-order chi connectivity index (χ1) is 13.6. The second-order valence-corrected chi connectivity index (χ2v) is 7.35. The summed E-state index contributed by atoms with van der Waals surface area (Å²) < 4.78 is 1.75. The fourth-order valence-corrected chi connectivity index (χ4v) is 4.22. The number of phenolic OH excluding ortho intramolecular Hbond substituents is 1. The van der Waals surface area contributed by atoms with E-state index in [4.69, 9.17) is 10.8 Å². The van der Waals surface area contributed by atoms with E-state index >= 15 is 0 Å². The van der Waals surface area contributed by atoms with Crippen molar-refractivity contribution in [3.05, 3.63) is 51.4 Å². The standard InChI is InChI=1S/C22H24N4O2/c1-14-21(16-7-3-2-4-8-16)22-24-20(28)13-18(26(22)25-14)17-10-9-15(6-5-11-23)12-19(17)27/h9-10,12-13,16,27H,2-4,7-8,11,23H2,1H3,(H,24,28). The number of nitrogens with zero attached hydrogens (tertiary/aromatic N) is 2. The van der Waals surface area contributed by atoms with E-state index in [1.807, 2.05) is 13.0 Å². The largest absolute Gasteiger partial charge is 0.507 e. The molecule has 144 valence electrons. The molecule has 28 heavy (non-hydrogen) atoms. The SMILES string of the molecule is Cc1nn2c(-c3ccc(C#CCN)cc3O)cc(=O)[nH]c2c1C1CCCCC1. The first-order valence-corrected chi connectivity index (χ1v) is 9.73. The highest BCUT2D eigenvalue weighted by Gasteiger charge is 2.24. The van der Waals surface area contributed by atoms with Crippen LogP contribution in [0.4, 0.5) is 0 Å². The normalized spacial score (nSPS) is 14.8. The van der Waals surface area contributed by atoms with Gasteiger partial charge in [0, 0.05) is 22.8 Å². The molecular formula is C22H24N4O2. The van der Waals surface area contributed by atoms with Gasteiger partial charge in [0.05, 0.1) is 17.9 Å². The van der Waals surface area contributed by atoms with Crippen molar-refractivity contribution in [2.45, 2.75) is 44.9 Å². The predicted octanol–water partition coefficient (Wildman–Crippen LogP) is 3.06. The minimum absolute atomic E-state index is 0.0584. The van der Waals surface area contributed by atoms with Gasteiger partial charge < -0.3 is 15.8 Å². The Balaban J connectivity index is 1.88. The molecule has 6 nitrogen and oxygen atoms in total. The Morgan fingerprint density at radius 3 is 2.79 bits per heavy atom. The molecule has 4 N–H and O–H groups in total. The minimum atomic E-state index is -0.203. The summed E-state index contributed by atoms with van der Waals surface area (Å²) in [6, 6.07) is 6.64. The monoisotopic (exact) mass is 376 g/mol. The van der Waals surface area contributed by atoms with Crippen LogP contribution in [0.15, 0.2) is 29.1 Å². The Kier molecular flexibility index (Phi) is 4.93. The fraction of sp³-hybridized carbons (Fsp3) is 0.364. The highest BCUT2D eigenvalue weighted by atomic mass is 16.3. The molecule has 0 spiro atoms. The van der Waals surface area contributed by atoms with Gasteiger partial charge in [0.25, 0.3) is 5.56 Å². The number of aromatic hydroxyl groups is 1. The summed E-state index contributed by atoms with van der Waals surface area (Å²) in [6.07, 6.45) is 5.92. The molecule has 0 bridgehead atoms. The molecule has 0 amide bonds. The van der Waals surface area contributed by atoms with E-state index in [1.165, 1.54) is 25.3 Å². The van der Waals surface area contributed by atoms with Crippen LogP contribution in [0.25, 0.3) is 16.9 Å². The van der Waals surface area contributed by atoms with E-state index < -0.39 is 0 Å². The Morgan fingerprint density at radius 1 is 1.29 bits per heavy atom. The van der Waals surface area contributed by atoms with Crippen LogP contribution in [0.3, 0.4) is 0 Å². The van der Waals surface area contributed by atoms with E-state index in [1.54, 1.807) is 16.6 Å². The number of nitrogens with one attached hydrogen (secondary N) is 1. The summed E-state index contributed by atoms with van der Waals surface area (Å²) in [7, 11) is 0. The maximum absolute atomic E-state index is 12.4. The number of aryl methyl sites for hydroxylation is 1. The molecule has 4 rings (SSSR count). The average Bonchev–Trinajstić information content (AvgIpc) is 3.02. The summed E-state index contributed by atoms with van der Waals surface area (Å²) in [4.78, 5) is 15.4. The van der Waals surface area contributed by atoms with Crippen LogP contribution >= 0.6 is 0 Å². The number of rotatable bonds is 2. The molecule has 0 atom stereocenters. The number of H-pyrrole nitrogens is 1. The summed E-state index contributed by atoms with van der Waals surface area (Å²) in [5.74, 6) is 6.15. The highest BCUT2D eigenvalue weighted by Crippen LogP contribution is 2.37. The van der Waals surface area contributed by atoms with Crippen LogP contribution in [0.2, 0.25) is 0 Å². The van der Waals surface area contributed by atoms with Gasteiger partial charge >= 0.3 is 0 Å². The maximum atomic E-state index is 12.4. The fourth-order valence-electron chi connectivity index (χ4n) is 4.22. The maximum Gasteiger partial charge on any atom is 0.251 e. The molecular weight excluding hydrogens is 352 g/mol. The molecule has 1 aromatic carbocycles. The van der Waals surface area contributed by atoms with Gasteiger partial charge in [-0.2, -0.15) is 5.10 Å². The van der Waals surface area contributed by atoms with Crippen molar-refractivity contribution in [3.63, 3.8) is 0 Å². The van der Waals surface area contributed by atoms with Crippen molar-refractivity contribution < 1.29 is 5.11 Å².